The zero-order chi connectivity index (χ0) is 17.9. The summed E-state index contributed by atoms with van der Waals surface area (Å²) in [6.07, 6.45) is 2.16. The van der Waals surface area contributed by atoms with Crippen LogP contribution < -0.4 is 5.32 Å². The topological polar surface area (TPSA) is 67.9 Å². The van der Waals surface area contributed by atoms with E-state index in [0.717, 1.165) is 6.42 Å². The summed E-state index contributed by atoms with van der Waals surface area (Å²) in [5.74, 6) is -0.481. The van der Waals surface area contributed by atoms with Gasteiger partial charge < -0.3 is 19.7 Å². The van der Waals surface area contributed by atoms with Gasteiger partial charge in [-0.15, -0.1) is 0 Å². The van der Waals surface area contributed by atoms with Gasteiger partial charge in [0.15, 0.2) is 0 Å². The first kappa shape index (κ1) is 17.8. The number of rotatable bonds is 4. The molecule has 0 radical (unpaired) electrons. The number of hydrogen-bond donors (Lipinski definition) is 1. The number of nitrogens with zero attached hydrogens (tertiary/aromatic N) is 1. The summed E-state index contributed by atoms with van der Waals surface area (Å²) in [5.41, 5.74) is -0.193. The lowest BCUT2D eigenvalue weighted by atomic mass is 9.96. The highest BCUT2D eigenvalue weighted by Crippen LogP contribution is 2.29. The second-order valence-electron chi connectivity index (χ2n) is 6.38. The van der Waals surface area contributed by atoms with E-state index in [1.807, 2.05) is 23.1 Å². The molecule has 3 rings (SSSR count). The lowest BCUT2D eigenvalue weighted by Crippen LogP contribution is -2.61. The summed E-state index contributed by atoms with van der Waals surface area (Å²) in [6, 6.07) is 8.63. The van der Waals surface area contributed by atoms with E-state index in [0.29, 0.717) is 43.2 Å². The second-order valence-corrected chi connectivity index (χ2v) is 6.77. The Balaban J connectivity index is 1.81. The first-order valence-electron chi connectivity index (χ1n) is 8.41. The number of ether oxygens (including phenoxy) is 2. The summed E-state index contributed by atoms with van der Waals surface area (Å²) in [4.78, 5) is 27.2. The molecule has 0 aliphatic carbocycles. The van der Waals surface area contributed by atoms with Crippen LogP contribution in [0.3, 0.4) is 0 Å². The number of benzene rings is 1. The minimum Gasteiger partial charge on any atom is -0.467 e. The molecule has 2 fully saturated rings. The van der Waals surface area contributed by atoms with Gasteiger partial charge in [-0.25, -0.2) is 4.79 Å². The molecule has 2 atom stereocenters. The van der Waals surface area contributed by atoms with Crippen LogP contribution in [0.15, 0.2) is 30.3 Å². The number of esters is 1. The lowest BCUT2D eigenvalue weighted by Gasteiger charge is -2.37. The molecule has 0 bridgehead atoms. The Labute approximate surface area is 152 Å². The van der Waals surface area contributed by atoms with Crippen molar-refractivity contribution in [3.63, 3.8) is 0 Å². The summed E-state index contributed by atoms with van der Waals surface area (Å²) < 4.78 is 10.5. The standard InChI is InChI=1S/C18H22N2O4S/c1-23-16(22)14-8-5-10-20(14)17(25)18(9-11-24-12-18)19-15(21)13-6-3-2-4-7-13/h2-4,6-7,14H,5,8-12H2,1H3,(H,19,21). The van der Waals surface area contributed by atoms with Crippen molar-refractivity contribution in [2.75, 3.05) is 26.9 Å². The highest BCUT2D eigenvalue weighted by Gasteiger charge is 2.46. The van der Waals surface area contributed by atoms with Crippen LogP contribution in [0.2, 0.25) is 0 Å². The lowest BCUT2D eigenvalue weighted by molar-refractivity contribution is -0.144. The molecule has 7 heteroatoms. The Bertz CT molecular complexity index is 658. The molecule has 6 nitrogen and oxygen atoms in total. The van der Waals surface area contributed by atoms with E-state index in [2.05, 4.69) is 5.32 Å². The first-order chi connectivity index (χ1) is 12.1. The average molecular weight is 362 g/mol. The van der Waals surface area contributed by atoms with Crippen molar-refractivity contribution in [2.45, 2.75) is 30.8 Å². The van der Waals surface area contributed by atoms with E-state index in [-0.39, 0.29) is 17.9 Å². The predicted octanol–water partition coefficient (Wildman–Crippen LogP) is 1.54. The molecule has 1 amide bonds. The second kappa shape index (κ2) is 7.49. The molecular weight excluding hydrogens is 340 g/mol. The molecule has 134 valence electrons. The quantitative estimate of drug-likeness (QED) is 0.647. The van der Waals surface area contributed by atoms with Gasteiger partial charge in [-0.2, -0.15) is 0 Å². The third-order valence-corrected chi connectivity index (χ3v) is 5.43. The molecule has 2 aliphatic rings. The van der Waals surface area contributed by atoms with Crippen LogP contribution in [0.1, 0.15) is 29.6 Å². The van der Waals surface area contributed by atoms with Crippen LogP contribution in [0, 0.1) is 0 Å². The molecule has 1 N–H and O–H groups in total. The van der Waals surface area contributed by atoms with Crippen molar-refractivity contribution in [3.05, 3.63) is 35.9 Å². The van der Waals surface area contributed by atoms with Gasteiger partial charge in [0, 0.05) is 25.1 Å². The third kappa shape index (κ3) is 3.52. The van der Waals surface area contributed by atoms with Crippen molar-refractivity contribution in [2.24, 2.45) is 0 Å². The number of carbonyl (C=O) groups is 2. The molecule has 2 heterocycles. The zero-order valence-corrected chi connectivity index (χ0v) is 15.0. The van der Waals surface area contributed by atoms with Gasteiger partial charge in [0.25, 0.3) is 5.91 Å². The number of methoxy groups -OCH3 is 1. The fourth-order valence-electron chi connectivity index (χ4n) is 3.43. The molecule has 1 aromatic rings. The maximum atomic E-state index is 12.7. The number of thiocarbonyl (C=S) groups is 1. The van der Waals surface area contributed by atoms with Crippen LogP contribution >= 0.6 is 12.2 Å². The molecule has 25 heavy (non-hydrogen) atoms. The van der Waals surface area contributed by atoms with Crippen molar-refractivity contribution < 1.29 is 19.1 Å². The van der Waals surface area contributed by atoms with E-state index in [9.17, 15) is 9.59 Å². The third-order valence-electron chi connectivity index (χ3n) is 4.81. The molecule has 2 unspecified atom stereocenters. The number of amides is 1. The normalized spacial score (nSPS) is 25.6. The molecule has 0 saturated carbocycles. The number of nitrogens with one attached hydrogen (secondary N) is 1. The molecule has 1 aromatic carbocycles. The Morgan fingerprint density at radius 2 is 2.12 bits per heavy atom. The van der Waals surface area contributed by atoms with Crippen LogP contribution in [-0.2, 0) is 14.3 Å². The molecule has 2 saturated heterocycles. The van der Waals surface area contributed by atoms with Gasteiger partial charge in [-0.05, 0) is 25.0 Å². The summed E-state index contributed by atoms with van der Waals surface area (Å²) in [7, 11) is 1.38. The zero-order valence-electron chi connectivity index (χ0n) is 14.2. The van der Waals surface area contributed by atoms with Crippen LogP contribution in [0.25, 0.3) is 0 Å². The van der Waals surface area contributed by atoms with Gasteiger partial charge in [0.05, 0.1) is 13.7 Å². The highest BCUT2D eigenvalue weighted by molar-refractivity contribution is 7.80. The fourth-order valence-corrected chi connectivity index (χ4v) is 3.86. The maximum absolute atomic E-state index is 12.7. The van der Waals surface area contributed by atoms with Gasteiger partial charge >= 0.3 is 5.97 Å². The van der Waals surface area contributed by atoms with Crippen LogP contribution in [0.4, 0.5) is 0 Å². The van der Waals surface area contributed by atoms with Crippen molar-refractivity contribution in [3.8, 4) is 0 Å². The summed E-state index contributed by atoms with van der Waals surface area (Å²) >= 11 is 5.72. The van der Waals surface area contributed by atoms with Crippen molar-refractivity contribution >= 4 is 29.1 Å². The Hall–Kier alpha value is -1.99. The number of carbonyl (C=O) groups excluding carboxylic acids is 2. The molecule has 2 aliphatic heterocycles. The molecule has 0 aromatic heterocycles. The van der Waals surface area contributed by atoms with Gasteiger partial charge in [0.1, 0.15) is 16.6 Å². The first-order valence-corrected chi connectivity index (χ1v) is 8.82. The van der Waals surface area contributed by atoms with Gasteiger partial charge in [-0.1, -0.05) is 30.4 Å². The van der Waals surface area contributed by atoms with Gasteiger partial charge in [-0.3, -0.25) is 4.79 Å². The van der Waals surface area contributed by atoms with Crippen LogP contribution in [0.5, 0.6) is 0 Å². The number of hydrogen-bond acceptors (Lipinski definition) is 5. The van der Waals surface area contributed by atoms with E-state index >= 15 is 0 Å². The highest BCUT2D eigenvalue weighted by atomic mass is 32.1. The van der Waals surface area contributed by atoms with E-state index in [1.165, 1.54) is 7.11 Å². The molecular formula is C18H22N2O4S. The van der Waals surface area contributed by atoms with E-state index in [1.54, 1.807) is 12.1 Å². The minimum atomic E-state index is -0.765. The van der Waals surface area contributed by atoms with E-state index < -0.39 is 5.54 Å². The fraction of sp³-hybridized carbons (Fsp3) is 0.500. The monoisotopic (exact) mass is 362 g/mol. The summed E-state index contributed by atoms with van der Waals surface area (Å²) in [5, 5.41) is 3.06. The van der Waals surface area contributed by atoms with Crippen molar-refractivity contribution in [1.82, 2.24) is 10.2 Å². The molecule has 0 spiro atoms. The SMILES string of the molecule is COC(=O)C1CCCN1C(=S)C1(NC(=O)c2ccccc2)CCOC1. The largest absolute Gasteiger partial charge is 0.467 e. The van der Waals surface area contributed by atoms with Gasteiger partial charge in [0.2, 0.25) is 0 Å². The predicted molar refractivity (Wildman–Crippen MR) is 96.4 cm³/mol. The smallest absolute Gasteiger partial charge is 0.328 e. The maximum Gasteiger partial charge on any atom is 0.328 e. The summed E-state index contributed by atoms with van der Waals surface area (Å²) in [6.45, 7) is 1.52. The number of likely N-dealkylation sites (tertiary alicyclic amines) is 1. The average Bonchev–Trinajstić information content (AvgIpc) is 3.31. The minimum absolute atomic E-state index is 0.192. The van der Waals surface area contributed by atoms with Crippen LogP contribution in [-0.4, -0.2) is 60.2 Å². The Morgan fingerprint density at radius 3 is 2.76 bits per heavy atom. The Morgan fingerprint density at radius 1 is 1.36 bits per heavy atom. The Kier molecular flexibility index (Phi) is 5.34. The van der Waals surface area contributed by atoms with Crippen molar-refractivity contribution in [1.29, 1.82) is 0 Å². The van der Waals surface area contributed by atoms with E-state index in [4.69, 9.17) is 21.7 Å².